The Morgan fingerprint density at radius 3 is 2.78 bits per heavy atom. The first-order valence-corrected chi connectivity index (χ1v) is 10.2. The summed E-state index contributed by atoms with van der Waals surface area (Å²) in [5.74, 6) is 0.401. The predicted molar refractivity (Wildman–Crippen MR) is 107 cm³/mol. The molecule has 5 nitrogen and oxygen atoms in total. The Bertz CT molecular complexity index is 870. The molecule has 1 aromatic heterocycles. The first kappa shape index (κ1) is 18.1. The van der Waals surface area contributed by atoms with Crippen LogP contribution < -0.4 is 0 Å². The fraction of sp³-hybridized carbons (Fsp3) is 0.545. The quantitative estimate of drug-likeness (QED) is 0.830. The van der Waals surface area contributed by atoms with E-state index in [2.05, 4.69) is 24.0 Å². The van der Waals surface area contributed by atoms with Crippen LogP contribution in [-0.4, -0.2) is 51.9 Å². The lowest BCUT2D eigenvalue weighted by Gasteiger charge is -2.36. The Balaban J connectivity index is 1.54. The van der Waals surface area contributed by atoms with Crippen LogP contribution >= 0.6 is 0 Å². The van der Waals surface area contributed by atoms with Crippen LogP contribution in [0.1, 0.15) is 54.6 Å². The number of aryl methyl sites for hydroxylation is 2. The molecule has 0 unspecified atom stereocenters. The van der Waals surface area contributed by atoms with Crippen molar-refractivity contribution in [3.8, 4) is 0 Å². The van der Waals surface area contributed by atoms with Crippen LogP contribution in [0, 0.1) is 6.92 Å². The van der Waals surface area contributed by atoms with Gasteiger partial charge in [0.25, 0.3) is 5.91 Å². The molecule has 2 fully saturated rings. The van der Waals surface area contributed by atoms with Crippen molar-refractivity contribution in [2.45, 2.75) is 51.5 Å². The lowest BCUT2D eigenvalue weighted by molar-refractivity contribution is -0.127. The standard InChI is InChI=1S/C22H29N3O2/c1-16-7-5-9-19-18(16)15-20(23(19)2)22(27)25-13-4-3-8-17(25)11-14-24-12-6-10-21(24)26/h5,7,9,15,17H,3-4,6,8,10-14H2,1-2H3/t17-/m1/s1. The topological polar surface area (TPSA) is 45.6 Å². The molecule has 0 aliphatic carbocycles. The summed E-state index contributed by atoms with van der Waals surface area (Å²) in [6.07, 6.45) is 5.81. The van der Waals surface area contributed by atoms with Crippen molar-refractivity contribution in [2.24, 2.45) is 7.05 Å². The normalized spacial score (nSPS) is 20.7. The predicted octanol–water partition coefficient (Wildman–Crippen LogP) is 3.49. The number of carbonyl (C=O) groups excluding carboxylic acids is 2. The maximum absolute atomic E-state index is 13.4. The summed E-state index contributed by atoms with van der Waals surface area (Å²) in [5.41, 5.74) is 3.07. The van der Waals surface area contributed by atoms with Gasteiger partial charge in [0.05, 0.1) is 0 Å². The third-order valence-electron chi connectivity index (χ3n) is 6.32. The van der Waals surface area contributed by atoms with Crippen molar-refractivity contribution in [3.63, 3.8) is 0 Å². The minimum absolute atomic E-state index is 0.130. The van der Waals surface area contributed by atoms with Gasteiger partial charge in [-0.3, -0.25) is 9.59 Å². The molecule has 1 aromatic carbocycles. The maximum atomic E-state index is 13.4. The van der Waals surface area contributed by atoms with Gasteiger partial charge in [0.2, 0.25) is 5.91 Å². The van der Waals surface area contributed by atoms with Gasteiger partial charge in [0.1, 0.15) is 5.69 Å². The summed E-state index contributed by atoms with van der Waals surface area (Å²) in [4.78, 5) is 29.3. The van der Waals surface area contributed by atoms with Gasteiger partial charge >= 0.3 is 0 Å². The van der Waals surface area contributed by atoms with Gasteiger partial charge < -0.3 is 14.4 Å². The second kappa shape index (κ2) is 7.37. The largest absolute Gasteiger partial charge is 0.343 e. The molecule has 4 rings (SSSR count). The second-order valence-electron chi connectivity index (χ2n) is 8.02. The monoisotopic (exact) mass is 367 g/mol. The molecule has 144 valence electrons. The molecule has 3 heterocycles. The molecule has 0 bridgehead atoms. The van der Waals surface area contributed by atoms with Crippen molar-refractivity contribution in [1.82, 2.24) is 14.4 Å². The molecule has 0 radical (unpaired) electrons. The minimum atomic E-state index is 0.130. The van der Waals surface area contributed by atoms with E-state index in [1.54, 1.807) is 0 Å². The zero-order chi connectivity index (χ0) is 19.0. The van der Waals surface area contributed by atoms with Crippen molar-refractivity contribution >= 4 is 22.7 Å². The third-order valence-corrected chi connectivity index (χ3v) is 6.32. The van der Waals surface area contributed by atoms with Crippen LogP contribution in [0.15, 0.2) is 24.3 Å². The van der Waals surface area contributed by atoms with Crippen LogP contribution in [0.25, 0.3) is 10.9 Å². The van der Waals surface area contributed by atoms with E-state index in [9.17, 15) is 9.59 Å². The Labute approximate surface area is 160 Å². The van der Waals surface area contributed by atoms with Crippen molar-refractivity contribution < 1.29 is 9.59 Å². The highest BCUT2D eigenvalue weighted by Crippen LogP contribution is 2.27. The molecule has 2 aliphatic heterocycles. The fourth-order valence-corrected chi connectivity index (χ4v) is 4.67. The number of likely N-dealkylation sites (tertiary alicyclic amines) is 2. The number of hydrogen-bond donors (Lipinski definition) is 0. The van der Waals surface area contributed by atoms with Crippen molar-refractivity contribution in [3.05, 3.63) is 35.5 Å². The molecule has 2 amide bonds. The number of nitrogens with zero attached hydrogens (tertiary/aromatic N) is 3. The SMILES string of the molecule is Cc1cccc2c1cc(C(=O)N1CCCC[C@@H]1CCN1CCCC1=O)n2C. The molecule has 2 aromatic rings. The molecule has 0 N–H and O–H groups in total. The molecule has 0 saturated carbocycles. The molecule has 0 spiro atoms. The number of benzene rings is 1. The summed E-state index contributed by atoms with van der Waals surface area (Å²) < 4.78 is 2.03. The van der Waals surface area contributed by atoms with Crippen molar-refractivity contribution in [2.75, 3.05) is 19.6 Å². The van der Waals surface area contributed by atoms with E-state index in [1.807, 2.05) is 28.6 Å². The van der Waals surface area contributed by atoms with Gasteiger partial charge in [-0.05, 0) is 56.7 Å². The zero-order valence-electron chi connectivity index (χ0n) is 16.4. The third kappa shape index (κ3) is 3.35. The second-order valence-corrected chi connectivity index (χ2v) is 8.02. The number of carbonyl (C=O) groups is 2. The summed E-state index contributed by atoms with van der Waals surface area (Å²) in [6.45, 7) is 4.56. The van der Waals surface area contributed by atoms with E-state index in [4.69, 9.17) is 0 Å². The van der Waals surface area contributed by atoms with Gasteiger partial charge in [-0.2, -0.15) is 0 Å². The number of fused-ring (bicyclic) bond motifs is 1. The fourth-order valence-electron chi connectivity index (χ4n) is 4.67. The molecule has 5 heteroatoms. The van der Waals surface area contributed by atoms with Gasteiger partial charge in [0.15, 0.2) is 0 Å². The first-order chi connectivity index (χ1) is 13.1. The summed E-state index contributed by atoms with van der Waals surface area (Å²) in [5, 5.41) is 1.15. The van der Waals surface area contributed by atoms with Gasteiger partial charge in [-0.25, -0.2) is 0 Å². The smallest absolute Gasteiger partial charge is 0.270 e. The van der Waals surface area contributed by atoms with Crippen LogP contribution in [0.5, 0.6) is 0 Å². The van der Waals surface area contributed by atoms with E-state index in [1.165, 1.54) is 5.56 Å². The van der Waals surface area contributed by atoms with Crippen LogP contribution in [-0.2, 0) is 11.8 Å². The van der Waals surface area contributed by atoms with E-state index in [-0.39, 0.29) is 17.9 Å². The van der Waals surface area contributed by atoms with Gasteiger partial charge in [-0.1, -0.05) is 12.1 Å². The summed E-state index contributed by atoms with van der Waals surface area (Å²) in [6, 6.07) is 8.49. The molecule has 1 atom stereocenters. The minimum Gasteiger partial charge on any atom is -0.343 e. The average Bonchev–Trinajstić information content (AvgIpc) is 3.24. The number of rotatable bonds is 4. The summed E-state index contributed by atoms with van der Waals surface area (Å²) in [7, 11) is 1.98. The van der Waals surface area contributed by atoms with E-state index in [0.717, 1.165) is 68.3 Å². The van der Waals surface area contributed by atoms with E-state index < -0.39 is 0 Å². The van der Waals surface area contributed by atoms with E-state index >= 15 is 0 Å². The highest BCUT2D eigenvalue weighted by atomic mass is 16.2. The van der Waals surface area contributed by atoms with Gasteiger partial charge in [-0.15, -0.1) is 0 Å². The maximum Gasteiger partial charge on any atom is 0.270 e. The van der Waals surface area contributed by atoms with Crippen LogP contribution in [0.3, 0.4) is 0 Å². The number of aromatic nitrogens is 1. The lowest BCUT2D eigenvalue weighted by atomic mass is 9.98. The van der Waals surface area contributed by atoms with Gasteiger partial charge in [0, 0.05) is 50.0 Å². The lowest BCUT2D eigenvalue weighted by Crippen LogP contribution is -2.45. The van der Waals surface area contributed by atoms with Crippen LogP contribution in [0.4, 0.5) is 0 Å². The first-order valence-electron chi connectivity index (χ1n) is 10.2. The summed E-state index contributed by atoms with van der Waals surface area (Å²) >= 11 is 0. The number of hydrogen-bond acceptors (Lipinski definition) is 2. The highest BCUT2D eigenvalue weighted by molar-refractivity contribution is 5.99. The highest BCUT2D eigenvalue weighted by Gasteiger charge is 2.30. The molecule has 2 aliphatic rings. The molecule has 2 saturated heterocycles. The average molecular weight is 367 g/mol. The van der Waals surface area contributed by atoms with Crippen LogP contribution in [0.2, 0.25) is 0 Å². The Kier molecular flexibility index (Phi) is 4.94. The molecular formula is C22H29N3O2. The zero-order valence-corrected chi connectivity index (χ0v) is 16.4. The van der Waals surface area contributed by atoms with E-state index in [0.29, 0.717) is 6.42 Å². The number of amides is 2. The molecule has 27 heavy (non-hydrogen) atoms. The Hall–Kier alpha value is -2.30. The Morgan fingerprint density at radius 2 is 2.04 bits per heavy atom. The Morgan fingerprint density at radius 1 is 1.19 bits per heavy atom. The number of piperidine rings is 1. The van der Waals surface area contributed by atoms with Crippen molar-refractivity contribution in [1.29, 1.82) is 0 Å². The molecular weight excluding hydrogens is 338 g/mol.